The van der Waals surface area contributed by atoms with Gasteiger partial charge in [-0.05, 0) is 73.4 Å². The maximum Gasteiger partial charge on any atom is 0.340 e. The van der Waals surface area contributed by atoms with Crippen LogP contribution in [0.5, 0.6) is 0 Å². The van der Waals surface area contributed by atoms with Crippen LogP contribution in [0.25, 0.3) is 27.8 Å². The predicted octanol–water partition coefficient (Wildman–Crippen LogP) is 6.18. The Morgan fingerprint density at radius 1 is 0.927 bits per heavy atom. The number of aryl methyl sites for hydroxylation is 3. The van der Waals surface area contributed by atoms with Gasteiger partial charge in [0.25, 0.3) is 0 Å². The minimum Gasteiger partial charge on any atom is -0.465 e. The van der Waals surface area contributed by atoms with E-state index < -0.39 is 5.97 Å². The first-order valence-electron chi connectivity index (χ1n) is 13.6. The zero-order valence-electron chi connectivity index (χ0n) is 23.5. The summed E-state index contributed by atoms with van der Waals surface area (Å²) >= 11 is 0. The summed E-state index contributed by atoms with van der Waals surface area (Å²) in [7, 11) is 1.38. The number of ether oxygens (including phenoxy) is 1. The van der Waals surface area contributed by atoms with Crippen LogP contribution < -0.4 is 0 Å². The summed E-state index contributed by atoms with van der Waals surface area (Å²) in [6.45, 7) is 6.82. The summed E-state index contributed by atoms with van der Waals surface area (Å²) in [5.41, 5.74) is 8.40. The Kier molecular flexibility index (Phi) is 6.82. The fraction of sp³-hybridized carbons (Fsp3) is 0.176. The number of nitrogens with zero attached hydrogens (tertiary/aromatic N) is 5. The van der Waals surface area contributed by atoms with Crippen molar-refractivity contribution in [2.45, 2.75) is 33.7 Å². The number of rotatable bonds is 5. The zero-order valence-corrected chi connectivity index (χ0v) is 23.5. The topological polar surface area (TPSA) is 74.8 Å². The third-order valence-corrected chi connectivity index (χ3v) is 7.13. The van der Waals surface area contributed by atoms with Crippen LogP contribution in [0, 0.1) is 25.7 Å². The highest BCUT2D eigenvalue weighted by Crippen LogP contribution is 2.27. The molecule has 6 aromatic rings. The molecule has 202 valence electrons. The Morgan fingerprint density at radius 3 is 2.49 bits per heavy atom. The monoisotopic (exact) mass is 539 g/mol. The number of hydrogen-bond acceptors (Lipinski definition) is 5. The molecule has 41 heavy (non-hydrogen) atoms. The first kappa shape index (κ1) is 26.0. The molecule has 0 aliphatic heterocycles. The van der Waals surface area contributed by atoms with Gasteiger partial charge in [0.05, 0.1) is 30.4 Å². The molecule has 3 aromatic heterocycles. The third kappa shape index (κ3) is 4.85. The minimum atomic E-state index is -0.431. The second kappa shape index (κ2) is 10.7. The van der Waals surface area contributed by atoms with Crippen molar-refractivity contribution >= 4 is 28.0 Å². The molecule has 0 amide bonds. The van der Waals surface area contributed by atoms with Crippen molar-refractivity contribution in [3.8, 4) is 17.5 Å². The van der Waals surface area contributed by atoms with Gasteiger partial charge < -0.3 is 9.30 Å². The van der Waals surface area contributed by atoms with Crippen molar-refractivity contribution in [1.82, 2.24) is 24.3 Å². The van der Waals surface area contributed by atoms with E-state index in [1.165, 1.54) is 7.11 Å². The first-order chi connectivity index (χ1) is 20.0. The highest BCUT2D eigenvalue weighted by atomic mass is 16.5. The molecule has 3 heterocycles. The summed E-state index contributed by atoms with van der Waals surface area (Å²) in [6.07, 6.45) is 0.799. The lowest BCUT2D eigenvalue weighted by Crippen LogP contribution is -2.09. The molecule has 7 nitrogen and oxygen atoms in total. The standard InChI is InChI=1S/C34H29N5O2/c1-5-31-36-32-22(2)19-23(3)35-33(32)38(31)21-25-15-17-28-27(20-25)30(18-16-24-11-7-6-8-12-24)39(37-28)29-14-10-9-13-26(29)34(40)41-4/h6-15,17,19-20H,5,21H2,1-4H3. The second-order valence-corrected chi connectivity index (χ2v) is 9.96. The first-order valence-corrected chi connectivity index (χ1v) is 13.6. The van der Waals surface area contributed by atoms with Gasteiger partial charge in [-0.15, -0.1) is 0 Å². The van der Waals surface area contributed by atoms with Crippen molar-refractivity contribution in [2.75, 3.05) is 7.11 Å². The number of methoxy groups -OCH3 is 1. The number of carbonyl (C=O) groups excluding carboxylic acids is 1. The molecule has 7 heteroatoms. The Labute approximate surface area is 238 Å². The Balaban J connectivity index is 1.53. The number of carbonyl (C=O) groups is 1. The van der Waals surface area contributed by atoms with E-state index in [0.717, 1.165) is 56.7 Å². The van der Waals surface area contributed by atoms with E-state index in [-0.39, 0.29) is 0 Å². The zero-order chi connectivity index (χ0) is 28.5. The largest absolute Gasteiger partial charge is 0.465 e. The molecule has 0 fully saturated rings. The minimum absolute atomic E-state index is 0.417. The molecule has 0 bridgehead atoms. The Hall–Kier alpha value is -5.22. The molecule has 6 rings (SSSR count). The average molecular weight is 540 g/mol. The number of fused-ring (bicyclic) bond motifs is 2. The number of benzene rings is 3. The van der Waals surface area contributed by atoms with Crippen LogP contribution in [0.15, 0.2) is 78.9 Å². The van der Waals surface area contributed by atoms with Gasteiger partial charge in [0, 0.05) is 23.1 Å². The van der Waals surface area contributed by atoms with E-state index in [9.17, 15) is 4.79 Å². The number of para-hydroxylation sites is 1. The summed E-state index contributed by atoms with van der Waals surface area (Å²) < 4.78 is 9.00. The van der Waals surface area contributed by atoms with E-state index in [1.54, 1.807) is 10.7 Å². The van der Waals surface area contributed by atoms with Crippen LogP contribution in [0.1, 0.15) is 51.2 Å². The normalized spacial score (nSPS) is 11.0. The summed E-state index contributed by atoms with van der Waals surface area (Å²) in [5, 5.41) is 5.79. The van der Waals surface area contributed by atoms with Gasteiger partial charge in [-0.3, -0.25) is 0 Å². The third-order valence-electron chi connectivity index (χ3n) is 7.13. The number of pyridine rings is 1. The summed E-state index contributed by atoms with van der Waals surface area (Å²) in [4.78, 5) is 22.4. The van der Waals surface area contributed by atoms with Crippen molar-refractivity contribution < 1.29 is 9.53 Å². The van der Waals surface area contributed by atoms with Crippen molar-refractivity contribution in [1.29, 1.82) is 0 Å². The fourth-order valence-corrected chi connectivity index (χ4v) is 5.19. The quantitative estimate of drug-likeness (QED) is 0.193. The van der Waals surface area contributed by atoms with Gasteiger partial charge in [0.1, 0.15) is 17.0 Å². The average Bonchev–Trinajstić information content (AvgIpc) is 3.54. The lowest BCUT2D eigenvalue weighted by molar-refractivity contribution is 0.0600. The molecule has 0 atom stereocenters. The maximum absolute atomic E-state index is 12.6. The van der Waals surface area contributed by atoms with Crippen LogP contribution in [0.4, 0.5) is 0 Å². The maximum atomic E-state index is 12.6. The lowest BCUT2D eigenvalue weighted by Gasteiger charge is -2.09. The van der Waals surface area contributed by atoms with Gasteiger partial charge >= 0.3 is 5.97 Å². The fourth-order valence-electron chi connectivity index (χ4n) is 5.19. The van der Waals surface area contributed by atoms with E-state index in [0.29, 0.717) is 23.5 Å². The molecule has 0 saturated carbocycles. The van der Waals surface area contributed by atoms with E-state index in [2.05, 4.69) is 48.5 Å². The molecule has 0 N–H and O–H groups in total. The van der Waals surface area contributed by atoms with E-state index in [4.69, 9.17) is 19.8 Å². The highest BCUT2D eigenvalue weighted by Gasteiger charge is 2.19. The van der Waals surface area contributed by atoms with Gasteiger partial charge in [-0.25, -0.2) is 19.4 Å². The molecule has 0 radical (unpaired) electrons. The Bertz CT molecular complexity index is 1990. The predicted molar refractivity (Wildman–Crippen MR) is 160 cm³/mol. The SMILES string of the molecule is CCc1nc2c(C)cc(C)nc2n1Cc1ccc2nn(-c3ccccc3C(=O)OC)c(C#Cc3ccccc3)c2c1. The number of imidazole rings is 1. The van der Waals surface area contributed by atoms with Crippen molar-refractivity contribution in [3.05, 3.63) is 118 Å². The van der Waals surface area contributed by atoms with Crippen LogP contribution in [-0.2, 0) is 17.7 Å². The Morgan fingerprint density at radius 2 is 1.71 bits per heavy atom. The van der Waals surface area contributed by atoms with Crippen LogP contribution >= 0.6 is 0 Å². The number of hydrogen-bond donors (Lipinski definition) is 0. The molecule has 0 saturated heterocycles. The van der Waals surface area contributed by atoms with Gasteiger partial charge in [0.15, 0.2) is 5.65 Å². The molecule has 0 aliphatic rings. The van der Waals surface area contributed by atoms with Crippen LogP contribution in [0.2, 0.25) is 0 Å². The second-order valence-electron chi connectivity index (χ2n) is 9.96. The molecule has 0 aliphatic carbocycles. The number of aromatic nitrogens is 5. The van der Waals surface area contributed by atoms with Crippen LogP contribution in [0.3, 0.4) is 0 Å². The van der Waals surface area contributed by atoms with Gasteiger partial charge in [0.2, 0.25) is 0 Å². The van der Waals surface area contributed by atoms with E-state index >= 15 is 0 Å². The number of esters is 1. The molecular weight excluding hydrogens is 510 g/mol. The highest BCUT2D eigenvalue weighted by molar-refractivity contribution is 5.94. The molecule has 0 unspecified atom stereocenters. The van der Waals surface area contributed by atoms with Crippen molar-refractivity contribution in [2.24, 2.45) is 0 Å². The van der Waals surface area contributed by atoms with Crippen molar-refractivity contribution in [3.63, 3.8) is 0 Å². The van der Waals surface area contributed by atoms with Gasteiger partial charge in [-0.2, -0.15) is 5.10 Å². The van der Waals surface area contributed by atoms with Crippen LogP contribution in [-0.4, -0.2) is 37.4 Å². The van der Waals surface area contributed by atoms with Gasteiger partial charge in [-0.1, -0.05) is 49.2 Å². The van der Waals surface area contributed by atoms with E-state index in [1.807, 2.05) is 61.5 Å². The molecule has 3 aromatic carbocycles. The smallest absolute Gasteiger partial charge is 0.340 e. The molecular formula is C34H29N5O2. The summed E-state index contributed by atoms with van der Waals surface area (Å²) in [6, 6.07) is 25.4. The molecule has 0 spiro atoms. The summed E-state index contributed by atoms with van der Waals surface area (Å²) in [5.74, 6) is 7.20. The lowest BCUT2D eigenvalue weighted by atomic mass is 10.1.